The highest BCUT2D eigenvalue weighted by atomic mass is 16.4. The van der Waals surface area contributed by atoms with E-state index in [2.05, 4.69) is 15.2 Å². The third-order valence-electron chi connectivity index (χ3n) is 2.27. The van der Waals surface area contributed by atoms with Crippen LogP contribution in [0.15, 0.2) is 12.4 Å². The Morgan fingerprint density at radius 2 is 2.43 bits per heavy atom. The van der Waals surface area contributed by atoms with Gasteiger partial charge in [0, 0.05) is 6.54 Å². The smallest absolute Gasteiger partial charge is 0.326 e. The second-order valence-corrected chi connectivity index (χ2v) is 3.13. The molecular weight excluding hydrogens is 184 g/mol. The standard InChI is InChI=1S/C8H10N4O2/c13-7(14)6-2-1-5-12(6)8-9-3-4-10-11-8/h3-4,6H,1-2,5H2,(H,13,14). The molecule has 74 valence electrons. The largest absolute Gasteiger partial charge is 0.480 e. The highest BCUT2D eigenvalue weighted by Crippen LogP contribution is 2.21. The minimum atomic E-state index is -0.824. The average molecular weight is 194 g/mol. The maximum Gasteiger partial charge on any atom is 0.326 e. The molecule has 1 atom stereocenters. The SMILES string of the molecule is O=C(O)C1CCCN1c1nccnn1. The Labute approximate surface area is 80.6 Å². The van der Waals surface area contributed by atoms with Crippen molar-refractivity contribution >= 4 is 11.9 Å². The lowest BCUT2D eigenvalue weighted by molar-refractivity contribution is -0.138. The van der Waals surface area contributed by atoms with Crippen LogP contribution in [0.1, 0.15) is 12.8 Å². The monoisotopic (exact) mass is 194 g/mol. The number of rotatable bonds is 2. The van der Waals surface area contributed by atoms with Crippen LogP contribution in [0.2, 0.25) is 0 Å². The molecule has 6 heteroatoms. The first-order valence-electron chi connectivity index (χ1n) is 4.42. The van der Waals surface area contributed by atoms with E-state index in [1.54, 1.807) is 4.90 Å². The number of anilines is 1. The van der Waals surface area contributed by atoms with Gasteiger partial charge in [0.2, 0.25) is 5.95 Å². The van der Waals surface area contributed by atoms with Crippen LogP contribution in [-0.2, 0) is 4.79 Å². The van der Waals surface area contributed by atoms with Gasteiger partial charge in [-0.15, -0.1) is 5.10 Å². The third-order valence-corrected chi connectivity index (χ3v) is 2.27. The summed E-state index contributed by atoms with van der Waals surface area (Å²) in [6, 6.07) is -0.501. The van der Waals surface area contributed by atoms with Gasteiger partial charge in [0.1, 0.15) is 6.04 Å². The predicted octanol–water partition coefficient (Wildman–Crippen LogP) is -0.0750. The molecule has 2 heterocycles. The lowest BCUT2D eigenvalue weighted by Gasteiger charge is -2.19. The zero-order valence-corrected chi connectivity index (χ0v) is 7.50. The third kappa shape index (κ3) is 1.50. The van der Waals surface area contributed by atoms with Crippen molar-refractivity contribution in [2.75, 3.05) is 11.4 Å². The maximum absolute atomic E-state index is 10.9. The molecule has 14 heavy (non-hydrogen) atoms. The molecule has 0 aromatic carbocycles. The fourth-order valence-electron chi connectivity index (χ4n) is 1.64. The van der Waals surface area contributed by atoms with E-state index in [4.69, 9.17) is 5.11 Å². The van der Waals surface area contributed by atoms with E-state index in [9.17, 15) is 4.79 Å². The van der Waals surface area contributed by atoms with Crippen LogP contribution in [0.5, 0.6) is 0 Å². The van der Waals surface area contributed by atoms with Crippen molar-refractivity contribution in [1.29, 1.82) is 0 Å². The van der Waals surface area contributed by atoms with Gasteiger partial charge in [0.15, 0.2) is 0 Å². The van der Waals surface area contributed by atoms with E-state index in [1.807, 2.05) is 0 Å². The highest BCUT2D eigenvalue weighted by molar-refractivity contribution is 5.77. The van der Waals surface area contributed by atoms with Gasteiger partial charge in [-0.05, 0) is 12.8 Å². The first-order valence-corrected chi connectivity index (χ1v) is 4.42. The van der Waals surface area contributed by atoms with Crippen LogP contribution in [0, 0.1) is 0 Å². The number of carboxylic acids is 1. The van der Waals surface area contributed by atoms with Crippen LogP contribution in [0.4, 0.5) is 5.95 Å². The topological polar surface area (TPSA) is 79.2 Å². The molecule has 1 aliphatic rings. The van der Waals surface area contributed by atoms with Gasteiger partial charge in [-0.1, -0.05) is 0 Å². The number of carboxylic acid groups (broad SMARTS) is 1. The van der Waals surface area contributed by atoms with Crippen molar-refractivity contribution in [3.05, 3.63) is 12.4 Å². The zero-order chi connectivity index (χ0) is 9.97. The molecule has 6 nitrogen and oxygen atoms in total. The van der Waals surface area contributed by atoms with E-state index < -0.39 is 12.0 Å². The lowest BCUT2D eigenvalue weighted by Crippen LogP contribution is -2.37. The Morgan fingerprint density at radius 3 is 3.07 bits per heavy atom. The van der Waals surface area contributed by atoms with Gasteiger partial charge in [-0.2, -0.15) is 5.10 Å². The average Bonchev–Trinajstić information content (AvgIpc) is 2.67. The van der Waals surface area contributed by atoms with Crippen molar-refractivity contribution in [2.45, 2.75) is 18.9 Å². The molecule has 0 radical (unpaired) electrons. The summed E-state index contributed by atoms with van der Waals surface area (Å²) >= 11 is 0. The molecule has 0 aliphatic carbocycles. The molecule has 0 saturated carbocycles. The summed E-state index contributed by atoms with van der Waals surface area (Å²) < 4.78 is 0. The van der Waals surface area contributed by atoms with Crippen LogP contribution in [0.25, 0.3) is 0 Å². The van der Waals surface area contributed by atoms with Crippen molar-refractivity contribution in [3.8, 4) is 0 Å². The summed E-state index contributed by atoms with van der Waals surface area (Å²) in [5, 5.41) is 16.4. The molecule has 2 rings (SSSR count). The molecule has 1 aromatic rings. The maximum atomic E-state index is 10.9. The van der Waals surface area contributed by atoms with Gasteiger partial charge in [0.25, 0.3) is 0 Å². The van der Waals surface area contributed by atoms with Crippen molar-refractivity contribution in [3.63, 3.8) is 0 Å². The summed E-state index contributed by atoms with van der Waals surface area (Å²) in [6.07, 6.45) is 4.48. The Morgan fingerprint density at radius 1 is 1.57 bits per heavy atom. The zero-order valence-electron chi connectivity index (χ0n) is 7.50. The van der Waals surface area contributed by atoms with Gasteiger partial charge >= 0.3 is 5.97 Å². The van der Waals surface area contributed by atoms with E-state index in [0.29, 0.717) is 18.9 Å². The normalized spacial score (nSPS) is 21.1. The molecule has 1 fully saturated rings. The minimum absolute atomic E-state index is 0.400. The number of aromatic nitrogens is 3. The first-order chi connectivity index (χ1) is 6.79. The second-order valence-electron chi connectivity index (χ2n) is 3.13. The molecule has 1 saturated heterocycles. The summed E-state index contributed by atoms with van der Waals surface area (Å²) in [5.74, 6) is -0.424. The Kier molecular flexibility index (Phi) is 2.26. The fourth-order valence-corrected chi connectivity index (χ4v) is 1.64. The molecule has 0 amide bonds. The molecule has 1 aliphatic heterocycles. The summed E-state index contributed by atoms with van der Waals surface area (Å²) in [7, 11) is 0. The summed E-state index contributed by atoms with van der Waals surface area (Å²) in [6.45, 7) is 0.683. The number of aliphatic carboxylic acids is 1. The summed E-state index contributed by atoms with van der Waals surface area (Å²) in [5.41, 5.74) is 0. The summed E-state index contributed by atoms with van der Waals surface area (Å²) in [4.78, 5) is 16.5. The molecule has 1 N–H and O–H groups in total. The molecule has 0 bridgehead atoms. The second kappa shape index (κ2) is 3.57. The Bertz CT molecular complexity index is 329. The molecule has 0 spiro atoms. The fraction of sp³-hybridized carbons (Fsp3) is 0.500. The number of hydrogen-bond donors (Lipinski definition) is 1. The predicted molar refractivity (Wildman–Crippen MR) is 47.8 cm³/mol. The lowest BCUT2D eigenvalue weighted by atomic mass is 10.2. The first kappa shape index (κ1) is 8.86. The quantitative estimate of drug-likeness (QED) is 0.709. The minimum Gasteiger partial charge on any atom is -0.480 e. The van der Waals surface area contributed by atoms with Crippen LogP contribution < -0.4 is 4.90 Å². The van der Waals surface area contributed by atoms with Crippen molar-refractivity contribution in [2.24, 2.45) is 0 Å². The van der Waals surface area contributed by atoms with Gasteiger partial charge in [-0.3, -0.25) is 0 Å². The van der Waals surface area contributed by atoms with Crippen molar-refractivity contribution < 1.29 is 9.90 Å². The van der Waals surface area contributed by atoms with Gasteiger partial charge in [-0.25, -0.2) is 9.78 Å². The number of carbonyl (C=O) groups is 1. The van der Waals surface area contributed by atoms with E-state index in [1.165, 1.54) is 12.4 Å². The van der Waals surface area contributed by atoms with Crippen molar-refractivity contribution in [1.82, 2.24) is 15.2 Å². The van der Waals surface area contributed by atoms with Gasteiger partial charge in [0.05, 0.1) is 12.4 Å². The molecule has 1 aromatic heterocycles. The Balaban J connectivity index is 2.22. The van der Waals surface area contributed by atoms with E-state index in [0.717, 1.165) is 6.42 Å². The van der Waals surface area contributed by atoms with Crippen LogP contribution in [-0.4, -0.2) is 38.8 Å². The number of hydrogen-bond acceptors (Lipinski definition) is 5. The molecule has 1 unspecified atom stereocenters. The van der Waals surface area contributed by atoms with E-state index >= 15 is 0 Å². The number of nitrogens with zero attached hydrogens (tertiary/aromatic N) is 4. The molecular formula is C8H10N4O2. The highest BCUT2D eigenvalue weighted by Gasteiger charge is 2.32. The Hall–Kier alpha value is -1.72. The van der Waals surface area contributed by atoms with Gasteiger partial charge < -0.3 is 10.0 Å². The van der Waals surface area contributed by atoms with Crippen LogP contribution >= 0.6 is 0 Å². The van der Waals surface area contributed by atoms with E-state index in [-0.39, 0.29) is 0 Å². The van der Waals surface area contributed by atoms with Crippen LogP contribution in [0.3, 0.4) is 0 Å².